The lowest BCUT2D eigenvalue weighted by Crippen LogP contribution is -2.69. The topological polar surface area (TPSA) is 140 Å². The van der Waals surface area contributed by atoms with Crippen LogP contribution in [-0.2, 0) is 26.2 Å². The fourth-order valence-electron chi connectivity index (χ4n) is 9.29. The Morgan fingerprint density at radius 3 is 2.57 bits per heavy atom. The molecule has 3 aliphatic rings. The number of oxime groups is 1. The zero-order valence-electron chi connectivity index (χ0n) is 33.0. The average molecular weight is 814 g/mol. The lowest BCUT2D eigenvalue weighted by atomic mass is 9.55. The monoisotopic (exact) mass is 813 g/mol. The second-order valence-corrected chi connectivity index (χ2v) is 17.2. The maximum Gasteiger partial charge on any atom is 0.245 e. The molecule has 1 aliphatic heterocycles. The van der Waals surface area contributed by atoms with Crippen molar-refractivity contribution in [2.24, 2.45) is 22.9 Å². The quantitative estimate of drug-likeness (QED) is 0.0593. The van der Waals surface area contributed by atoms with Crippen molar-refractivity contribution in [3.63, 3.8) is 0 Å². The van der Waals surface area contributed by atoms with Crippen molar-refractivity contribution in [1.82, 2.24) is 9.29 Å². The van der Waals surface area contributed by atoms with Crippen molar-refractivity contribution in [1.29, 1.82) is 0 Å². The summed E-state index contributed by atoms with van der Waals surface area (Å²) in [5.74, 6) is -1.81. The van der Waals surface area contributed by atoms with Gasteiger partial charge < -0.3 is 29.3 Å². The van der Waals surface area contributed by atoms with Gasteiger partial charge in [0.25, 0.3) is 0 Å². The molecule has 1 aromatic heterocycles. The number of fused-ring (bicyclic) bond motifs is 3. The number of para-hydroxylation sites is 1. The van der Waals surface area contributed by atoms with E-state index in [1.807, 2.05) is 24.3 Å². The second kappa shape index (κ2) is 18.1. The molecule has 2 heterocycles. The molecule has 3 aromatic carbocycles. The van der Waals surface area contributed by atoms with Gasteiger partial charge in [-0.3, -0.25) is 4.98 Å². The Kier molecular flexibility index (Phi) is 12.9. The molecule has 11 nitrogen and oxygen atoms in total. The van der Waals surface area contributed by atoms with Gasteiger partial charge in [-0.25, -0.2) is 12.8 Å². The summed E-state index contributed by atoms with van der Waals surface area (Å²) < 4.78 is 66.3. The van der Waals surface area contributed by atoms with E-state index in [1.54, 1.807) is 61.8 Å². The van der Waals surface area contributed by atoms with E-state index in [9.17, 15) is 23.0 Å². The van der Waals surface area contributed by atoms with Crippen LogP contribution >= 0.6 is 0 Å². The number of allylic oxidation sites excluding steroid dienone is 1. The number of pyridine rings is 1. The molecular formula is C45H52FN3O8S. The lowest BCUT2D eigenvalue weighted by molar-refractivity contribution is -0.250. The lowest BCUT2D eigenvalue weighted by Gasteiger charge is -2.59. The molecule has 6 atom stereocenters. The van der Waals surface area contributed by atoms with Crippen molar-refractivity contribution in [3.8, 4) is 11.5 Å². The third-order valence-electron chi connectivity index (χ3n) is 11.9. The van der Waals surface area contributed by atoms with E-state index >= 15 is 0 Å². The number of unbranched alkanes of at least 4 members (excludes halogenated alkanes) is 2. The third-order valence-corrected chi connectivity index (χ3v) is 13.8. The number of hydrogen-bond donors (Lipinski definition) is 2. The molecule has 4 aromatic rings. The van der Waals surface area contributed by atoms with Crippen LogP contribution in [0.5, 0.6) is 11.5 Å². The van der Waals surface area contributed by atoms with Crippen molar-refractivity contribution in [2.75, 3.05) is 34.0 Å². The van der Waals surface area contributed by atoms with Crippen molar-refractivity contribution in [2.45, 2.75) is 74.2 Å². The van der Waals surface area contributed by atoms with Crippen LogP contribution in [-0.4, -0.2) is 79.4 Å². The minimum atomic E-state index is -4.25. The number of aliphatic hydroxyl groups excluding tert-OH is 2. The first-order valence-corrected chi connectivity index (χ1v) is 21.4. The highest BCUT2D eigenvalue weighted by molar-refractivity contribution is 7.89. The van der Waals surface area contributed by atoms with E-state index < -0.39 is 27.8 Å². The van der Waals surface area contributed by atoms with Crippen molar-refractivity contribution >= 4 is 26.6 Å². The molecule has 1 fully saturated rings. The SMILES string of the molecule is C=CCO[C@@]12Oc3ccc(OCc4ccccc4F)cc3[C@H]3[C@H](CCCCO)[C@@H](CCCCO)C=C(C(=NOC)C[C@@H]1N(C)S(=O)(=O)c1cccc4cccnc14)[C@H]32. The Morgan fingerprint density at radius 1 is 1.03 bits per heavy atom. The Hall–Kier alpha value is -4.66. The van der Waals surface area contributed by atoms with E-state index in [0.717, 1.165) is 36.8 Å². The molecule has 0 amide bonds. The third kappa shape index (κ3) is 7.90. The number of nitrogens with zero attached hydrogens (tertiary/aromatic N) is 3. The normalized spacial score (nSPS) is 24.5. The summed E-state index contributed by atoms with van der Waals surface area (Å²) in [6.45, 7) is 4.16. The first kappa shape index (κ1) is 41.5. The van der Waals surface area contributed by atoms with Crippen LogP contribution in [0, 0.1) is 23.6 Å². The number of aromatic nitrogens is 1. The van der Waals surface area contributed by atoms with Crippen LogP contribution < -0.4 is 9.47 Å². The van der Waals surface area contributed by atoms with Gasteiger partial charge in [-0.15, -0.1) is 6.58 Å². The van der Waals surface area contributed by atoms with Crippen LogP contribution in [0.15, 0.2) is 113 Å². The van der Waals surface area contributed by atoms with Crippen LogP contribution in [0.2, 0.25) is 0 Å². The molecule has 0 unspecified atom stereocenters. The highest BCUT2D eigenvalue weighted by atomic mass is 32.2. The molecule has 2 N–H and O–H groups in total. The van der Waals surface area contributed by atoms with Gasteiger partial charge in [0, 0.05) is 55.3 Å². The molecule has 13 heteroatoms. The summed E-state index contributed by atoms with van der Waals surface area (Å²) in [6, 6.07) is 19.8. The molecular weight excluding hydrogens is 762 g/mol. The van der Waals surface area contributed by atoms with E-state index in [0.29, 0.717) is 46.5 Å². The Labute approximate surface area is 339 Å². The predicted molar refractivity (Wildman–Crippen MR) is 219 cm³/mol. The summed E-state index contributed by atoms with van der Waals surface area (Å²) >= 11 is 0. The Balaban J connectivity index is 1.42. The second-order valence-electron chi connectivity index (χ2n) is 15.2. The maximum absolute atomic E-state index is 15.0. The summed E-state index contributed by atoms with van der Waals surface area (Å²) in [6.07, 6.45) is 9.85. The first-order chi connectivity index (χ1) is 28.2. The highest BCUT2D eigenvalue weighted by Gasteiger charge is 2.65. The fraction of sp³-hybridized carbons (Fsp3) is 0.422. The van der Waals surface area contributed by atoms with Gasteiger partial charge in [-0.05, 0) is 79.5 Å². The Bertz CT molecular complexity index is 2260. The van der Waals surface area contributed by atoms with E-state index in [2.05, 4.69) is 22.8 Å². The van der Waals surface area contributed by atoms with Gasteiger partial charge in [0.15, 0.2) is 0 Å². The number of ether oxygens (including phenoxy) is 3. The highest BCUT2D eigenvalue weighted by Crippen LogP contribution is 2.62. The van der Waals surface area contributed by atoms with Gasteiger partial charge in [-0.1, -0.05) is 66.5 Å². The smallest absolute Gasteiger partial charge is 0.245 e. The van der Waals surface area contributed by atoms with Crippen LogP contribution in [0.3, 0.4) is 0 Å². The molecule has 1 saturated carbocycles. The largest absolute Gasteiger partial charge is 0.489 e. The van der Waals surface area contributed by atoms with Gasteiger partial charge in [0.2, 0.25) is 15.8 Å². The van der Waals surface area contributed by atoms with Crippen molar-refractivity contribution < 1.29 is 42.1 Å². The standard InChI is InChI=1S/C45H52FN3O8S/c1-4-25-56-45-41(49(2)58(52,53)40-19-11-15-30-16-12-22-47-44(30)40)28-38(48-54-3)35-26-31(13-7-9-23-50)34(17-8-10-24-51)42(43(35)45)36-27-33(20-21-39(36)57-45)55-29-32-14-5-6-18-37(32)46/h4-6,11-12,14-16,18-22,26-27,31,34,41-43,50-51H,1,7-10,13,17,23-25,28-29H2,2-3H3/t31-,34+,41-,42+,43+,45+/m0/s1. The molecule has 0 saturated heterocycles. The van der Waals surface area contributed by atoms with Gasteiger partial charge >= 0.3 is 0 Å². The minimum absolute atomic E-state index is 0.0139. The molecule has 0 bridgehead atoms. The summed E-state index contributed by atoms with van der Waals surface area (Å²) in [4.78, 5) is 10.0. The number of hydrogen-bond acceptors (Lipinski definition) is 10. The molecule has 58 heavy (non-hydrogen) atoms. The number of aliphatic hydroxyl groups is 2. The molecule has 0 radical (unpaired) electrons. The Morgan fingerprint density at radius 2 is 1.81 bits per heavy atom. The summed E-state index contributed by atoms with van der Waals surface area (Å²) in [5, 5.41) is 24.9. The number of sulfonamides is 1. The first-order valence-electron chi connectivity index (χ1n) is 20.0. The van der Waals surface area contributed by atoms with E-state index in [-0.39, 0.29) is 61.3 Å². The summed E-state index contributed by atoms with van der Waals surface area (Å²) in [5.41, 5.74) is 3.05. The predicted octanol–water partition coefficient (Wildman–Crippen LogP) is 7.54. The van der Waals surface area contributed by atoms with Gasteiger partial charge in [0.05, 0.1) is 29.8 Å². The average Bonchev–Trinajstić information content (AvgIpc) is 3.23. The minimum Gasteiger partial charge on any atom is -0.489 e. The van der Waals surface area contributed by atoms with Crippen LogP contribution in [0.1, 0.15) is 62.0 Å². The number of benzene rings is 3. The van der Waals surface area contributed by atoms with E-state index in [4.69, 9.17) is 19.0 Å². The van der Waals surface area contributed by atoms with Crippen LogP contribution in [0.25, 0.3) is 10.9 Å². The molecule has 0 spiro atoms. The summed E-state index contributed by atoms with van der Waals surface area (Å²) in [7, 11) is -1.23. The number of rotatable bonds is 18. The van der Waals surface area contributed by atoms with Crippen LogP contribution in [0.4, 0.5) is 4.39 Å². The zero-order chi connectivity index (χ0) is 40.9. The molecule has 308 valence electrons. The number of likely N-dealkylation sites (N-methyl/N-ethyl adjacent to an activating group) is 1. The zero-order valence-corrected chi connectivity index (χ0v) is 33.8. The van der Waals surface area contributed by atoms with Gasteiger partial charge in [-0.2, -0.15) is 4.31 Å². The van der Waals surface area contributed by atoms with Gasteiger partial charge in [0.1, 0.15) is 35.9 Å². The van der Waals surface area contributed by atoms with Crippen molar-refractivity contribution in [3.05, 3.63) is 120 Å². The van der Waals surface area contributed by atoms with E-state index in [1.165, 1.54) is 17.5 Å². The maximum atomic E-state index is 15.0. The number of halogens is 1. The molecule has 7 rings (SSSR count). The molecule has 2 aliphatic carbocycles. The fourth-order valence-corrected chi connectivity index (χ4v) is 10.8.